The molecule has 0 radical (unpaired) electrons. The zero-order valence-corrected chi connectivity index (χ0v) is 19.6. The van der Waals surface area contributed by atoms with Gasteiger partial charge >= 0.3 is 23.9 Å². The van der Waals surface area contributed by atoms with Gasteiger partial charge in [0.15, 0.2) is 0 Å². The molecular formula is C23H23F3O4SSi. The lowest BCUT2D eigenvalue weighted by atomic mass is 10.2. The third-order valence-corrected chi connectivity index (χ3v) is 10.9. The Morgan fingerprint density at radius 2 is 1.19 bits per heavy atom. The van der Waals surface area contributed by atoms with Gasteiger partial charge < -0.3 is 8.61 Å². The van der Waals surface area contributed by atoms with E-state index in [1.165, 1.54) is 12.1 Å². The van der Waals surface area contributed by atoms with Crippen LogP contribution >= 0.6 is 0 Å². The van der Waals surface area contributed by atoms with Crippen LogP contribution in [0, 0.1) is 0 Å². The predicted octanol–water partition coefficient (Wildman–Crippen LogP) is 4.85. The Labute approximate surface area is 186 Å². The van der Waals surface area contributed by atoms with Crippen LogP contribution in [-0.4, -0.2) is 22.2 Å². The highest BCUT2D eigenvalue weighted by Gasteiger charge is 2.52. The largest absolute Gasteiger partial charge is 0.534 e. The van der Waals surface area contributed by atoms with Crippen LogP contribution in [0.15, 0.2) is 84.9 Å². The molecule has 4 nitrogen and oxygen atoms in total. The SMILES string of the molecule is CC(C)(C)[Si](Oc1cccc(OS(=O)(=O)C(F)(F)F)c1)(c1ccccc1)c1ccccc1. The molecule has 0 aliphatic rings. The monoisotopic (exact) mass is 480 g/mol. The molecule has 3 aromatic carbocycles. The summed E-state index contributed by atoms with van der Waals surface area (Å²) in [6.07, 6.45) is 0. The third kappa shape index (κ3) is 4.68. The van der Waals surface area contributed by atoms with Crippen LogP contribution in [0.3, 0.4) is 0 Å². The number of halogens is 3. The molecule has 170 valence electrons. The number of alkyl halides is 3. The molecule has 0 N–H and O–H groups in total. The van der Waals surface area contributed by atoms with Gasteiger partial charge in [-0.05, 0) is 27.5 Å². The lowest BCUT2D eigenvalue weighted by molar-refractivity contribution is -0.0500. The molecule has 0 aliphatic heterocycles. The van der Waals surface area contributed by atoms with Crippen LogP contribution in [0.1, 0.15) is 20.8 Å². The third-order valence-electron chi connectivity index (χ3n) is 4.98. The van der Waals surface area contributed by atoms with Crippen LogP contribution < -0.4 is 19.0 Å². The van der Waals surface area contributed by atoms with E-state index in [-0.39, 0.29) is 10.8 Å². The second-order valence-electron chi connectivity index (χ2n) is 8.22. The molecule has 0 spiro atoms. The lowest BCUT2D eigenvalue weighted by Gasteiger charge is -2.43. The minimum Gasteiger partial charge on any atom is -0.534 e. The second kappa shape index (κ2) is 8.63. The minimum atomic E-state index is -5.79. The fourth-order valence-corrected chi connectivity index (χ4v) is 8.45. The smallest absolute Gasteiger partial charge is 0.534 e. The maximum atomic E-state index is 12.8. The quantitative estimate of drug-likeness (QED) is 0.287. The molecule has 3 aromatic rings. The van der Waals surface area contributed by atoms with E-state index in [1.807, 2.05) is 81.4 Å². The summed E-state index contributed by atoms with van der Waals surface area (Å²) in [4.78, 5) is 0. The van der Waals surface area contributed by atoms with Crippen LogP contribution in [0.4, 0.5) is 13.2 Å². The molecule has 9 heteroatoms. The zero-order chi connectivity index (χ0) is 23.6. The first-order valence-electron chi connectivity index (χ1n) is 9.78. The fourth-order valence-electron chi connectivity index (χ4n) is 3.59. The second-order valence-corrected chi connectivity index (χ2v) is 14.0. The van der Waals surface area contributed by atoms with E-state index in [2.05, 4.69) is 4.18 Å². The van der Waals surface area contributed by atoms with E-state index in [0.29, 0.717) is 0 Å². The summed E-state index contributed by atoms with van der Waals surface area (Å²) < 4.78 is 72.1. The highest BCUT2D eigenvalue weighted by Crippen LogP contribution is 2.38. The van der Waals surface area contributed by atoms with Crippen LogP contribution in [0.2, 0.25) is 5.04 Å². The Morgan fingerprint density at radius 1 is 0.719 bits per heavy atom. The van der Waals surface area contributed by atoms with Crippen molar-refractivity contribution in [2.24, 2.45) is 0 Å². The fraction of sp³-hybridized carbons (Fsp3) is 0.217. The lowest BCUT2D eigenvalue weighted by Crippen LogP contribution is -2.68. The van der Waals surface area contributed by atoms with Gasteiger partial charge in [0, 0.05) is 6.07 Å². The number of hydrogen-bond donors (Lipinski definition) is 0. The maximum Gasteiger partial charge on any atom is 0.534 e. The van der Waals surface area contributed by atoms with E-state index >= 15 is 0 Å². The normalized spacial score (nSPS) is 12.9. The van der Waals surface area contributed by atoms with E-state index < -0.39 is 29.7 Å². The van der Waals surface area contributed by atoms with E-state index in [4.69, 9.17) is 4.43 Å². The molecule has 3 rings (SSSR count). The summed E-state index contributed by atoms with van der Waals surface area (Å²) in [5.41, 5.74) is -5.53. The van der Waals surface area contributed by atoms with Crippen molar-refractivity contribution in [3.05, 3.63) is 84.9 Å². The summed E-state index contributed by atoms with van der Waals surface area (Å²) in [7, 11) is -8.82. The summed E-state index contributed by atoms with van der Waals surface area (Å²) in [5, 5.41) is 1.55. The first kappa shape index (κ1) is 23.9. The van der Waals surface area contributed by atoms with Gasteiger partial charge in [0.1, 0.15) is 11.5 Å². The Bertz CT molecular complexity index is 1120. The zero-order valence-electron chi connectivity index (χ0n) is 17.8. The minimum absolute atomic E-state index is 0.217. The van der Waals surface area contributed by atoms with Gasteiger partial charge in [-0.25, -0.2) is 0 Å². The molecule has 0 aliphatic carbocycles. The van der Waals surface area contributed by atoms with Gasteiger partial charge in [-0.3, -0.25) is 0 Å². The van der Waals surface area contributed by atoms with Crippen molar-refractivity contribution in [3.63, 3.8) is 0 Å². The first-order valence-corrected chi connectivity index (χ1v) is 13.1. The molecular weight excluding hydrogens is 457 g/mol. The van der Waals surface area contributed by atoms with Gasteiger partial charge in [-0.15, -0.1) is 0 Å². The first-order chi connectivity index (χ1) is 14.9. The molecule has 32 heavy (non-hydrogen) atoms. The number of rotatable bonds is 6. The molecule has 0 fully saturated rings. The van der Waals surface area contributed by atoms with Gasteiger partial charge in [0.25, 0.3) is 0 Å². The summed E-state index contributed by atoms with van der Waals surface area (Å²) >= 11 is 0. The number of hydrogen-bond acceptors (Lipinski definition) is 4. The van der Waals surface area contributed by atoms with Crippen molar-refractivity contribution in [1.29, 1.82) is 0 Å². The van der Waals surface area contributed by atoms with Crippen molar-refractivity contribution in [3.8, 4) is 11.5 Å². The highest BCUT2D eigenvalue weighted by atomic mass is 32.2. The van der Waals surface area contributed by atoms with Gasteiger partial charge in [-0.1, -0.05) is 87.5 Å². The van der Waals surface area contributed by atoms with Gasteiger partial charge in [0.2, 0.25) is 0 Å². The molecule has 0 saturated carbocycles. The number of benzene rings is 3. The highest BCUT2D eigenvalue weighted by molar-refractivity contribution is 7.88. The van der Waals surface area contributed by atoms with E-state index in [1.54, 1.807) is 6.07 Å². The molecule has 0 aromatic heterocycles. The predicted molar refractivity (Wildman–Crippen MR) is 120 cm³/mol. The topological polar surface area (TPSA) is 52.6 Å². The molecule has 0 unspecified atom stereocenters. The Balaban J connectivity index is 2.13. The average Bonchev–Trinajstić information content (AvgIpc) is 2.71. The van der Waals surface area contributed by atoms with E-state index in [0.717, 1.165) is 16.4 Å². The molecule has 0 bridgehead atoms. The van der Waals surface area contributed by atoms with Crippen molar-refractivity contribution in [2.45, 2.75) is 31.3 Å². The van der Waals surface area contributed by atoms with Crippen LogP contribution in [-0.2, 0) is 10.1 Å². The van der Waals surface area contributed by atoms with Crippen molar-refractivity contribution < 1.29 is 30.2 Å². The standard InChI is InChI=1S/C23H23F3O4SSi/c1-22(2,3)32(20-13-6-4-7-14-20,21-15-8-5-9-16-21)30-19-12-10-11-18(17-19)29-31(27,28)23(24,25)26/h4-17H,1-3H3. The van der Waals surface area contributed by atoms with Crippen LogP contribution in [0.5, 0.6) is 11.5 Å². The summed E-state index contributed by atoms with van der Waals surface area (Å²) in [6.45, 7) is 6.15. The van der Waals surface area contributed by atoms with Crippen molar-refractivity contribution in [2.75, 3.05) is 0 Å². The van der Waals surface area contributed by atoms with Gasteiger partial charge in [0.05, 0.1) is 0 Å². The Hall–Kier alpha value is -2.78. The van der Waals surface area contributed by atoms with Gasteiger partial charge in [-0.2, -0.15) is 21.6 Å². The maximum absolute atomic E-state index is 12.8. The average molecular weight is 481 g/mol. The Morgan fingerprint density at radius 3 is 1.62 bits per heavy atom. The van der Waals surface area contributed by atoms with Crippen LogP contribution in [0.25, 0.3) is 0 Å². The molecule has 0 heterocycles. The molecule has 0 atom stereocenters. The summed E-state index contributed by atoms with van der Waals surface area (Å²) in [6, 6.07) is 24.6. The Kier molecular flexibility index (Phi) is 6.44. The van der Waals surface area contributed by atoms with Crippen molar-refractivity contribution >= 4 is 28.8 Å². The van der Waals surface area contributed by atoms with Crippen molar-refractivity contribution in [1.82, 2.24) is 0 Å². The van der Waals surface area contributed by atoms with E-state index in [9.17, 15) is 21.6 Å². The molecule has 0 amide bonds. The molecule has 0 saturated heterocycles. The summed E-state index contributed by atoms with van der Waals surface area (Å²) in [5.74, 6) is -0.257.